The maximum atomic E-state index is 10.7. The zero-order valence-corrected chi connectivity index (χ0v) is 8.46. The van der Waals surface area contributed by atoms with Gasteiger partial charge in [-0.1, -0.05) is 18.2 Å². The van der Waals surface area contributed by atoms with E-state index in [9.17, 15) is 4.79 Å². The van der Waals surface area contributed by atoms with Crippen LogP contribution in [0.5, 0.6) is 5.75 Å². The molecule has 1 aromatic carbocycles. The van der Waals surface area contributed by atoms with E-state index in [1.807, 2.05) is 36.4 Å². The summed E-state index contributed by atoms with van der Waals surface area (Å²) in [5.74, 6) is 1.19. The quantitative estimate of drug-likeness (QED) is 0.669. The van der Waals surface area contributed by atoms with E-state index in [2.05, 4.69) is 4.99 Å². The molecule has 0 N–H and O–H groups in total. The minimum Gasteiger partial charge on any atom is -0.453 e. The number of aliphatic imine (C=N–C) groups is 1. The first kappa shape index (κ1) is 9.09. The van der Waals surface area contributed by atoms with Gasteiger partial charge in [0, 0.05) is 0 Å². The Morgan fingerprint density at radius 2 is 2.19 bits per heavy atom. The fourth-order valence-electron chi connectivity index (χ4n) is 1.75. The standard InChI is InChI=1S/C13H9NO2/c15-8-9-5-6-11-13(7-9)16-12-4-2-1-3-10(12)14-11/h1-9H. The van der Waals surface area contributed by atoms with Gasteiger partial charge in [-0.15, -0.1) is 0 Å². The van der Waals surface area contributed by atoms with Crippen molar-refractivity contribution in [1.82, 2.24) is 0 Å². The number of carbonyl (C=O) groups excluding carboxylic acids is 1. The number of hydrogen-bond acceptors (Lipinski definition) is 3. The summed E-state index contributed by atoms with van der Waals surface area (Å²) < 4.78 is 5.69. The van der Waals surface area contributed by atoms with Crippen molar-refractivity contribution in [3.63, 3.8) is 0 Å². The van der Waals surface area contributed by atoms with Gasteiger partial charge in [-0.3, -0.25) is 0 Å². The van der Waals surface area contributed by atoms with Crippen molar-refractivity contribution in [2.75, 3.05) is 0 Å². The van der Waals surface area contributed by atoms with Crippen LogP contribution >= 0.6 is 0 Å². The normalized spacial score (nSPS) is 21.1. The molecule has 0 aromatic heterocycles. The number of ether oxygens (including phenoxy) is 1. The van der Waals surface area contributed by atoms with Crippen molar-refractivity contribution in [3.8, 4) is 5.75 Å². The van der Waals surface area contributed by atoms with Gasteiger partial charge >= 0.3 is 0 Å². The van der Waals surface area contributed by atoms with Crippen LogP contribution in [0.1, 0.15) is 0 Å². The van der Waals surface area contributed by atoms with Crippen molar-refractivity contribution in [2.24, 2.45) is 10.9 Å². The molecule has 0 saturated carbocycles. The molecule has 0 radical (unpaired) electrons. The van der Waals surface area contributed by atoms with Crippen LogP contribution in [0.15, 0.2) is 53.2 Å². The lowest BCUT2D eigenvalue weighted by Crippen LogP contribution is -2.16. The fourth-order valence-corrected chi connectivity index (χ4v) is 1.75. The molecule has 1 aliphatic carbocycles. The smallest absolute Gasteiger partial charge is 0.153 e. The molecule has 16 heavy (non-hydrogen) atoms. The van der Waals surface area contributed by atoms with E-state index < -0.39 is 0 Å². The Balaban J connectivity index is 2.08. The summed E-state index contributed by atoms with van der Waals surface area (Å²) in [5, 5.41) is 0. The average Bonchev–Trinajstić information content (AvgIpc) is 2.35. The Morgan fingerprint density at radius 1 is 1.31 bits per heavy atom. The van der Waals surface area contributed by atoms with E-state index >= 15 is 0 Å². The van der Waals surface area contributed by atoms with Crippen LogP contribution in [0.4, 0.5) is 5.69 Å². The minimum atomic E-state index is -0.209. The second-order valence-corrected chi connectivity index (χ2v) is 3.67. The lowest BCUT2D eigenvalue weighted by molar-refractivity contribution is -0.108. The van der Waals surface area contributed by atoms with Crippen LogP contribution in [0.25, 0.3) is 0 Å². The number of hydrogen-bond donors (Lipinski definition) is 0. The molecule has 1 heterocycles. The van der Waals surface area contributed by atoms with Gasteiger partial charge in [0.2, 0.25) is 0 Å². The number of para-hydroxylation sites is 2. The minimum absolute atomic E-state index is 0.209. The number of fused-ring (bicyclic) bond motifs is 2. The summed E-state index contributed by atoms with van der Waals surface area (Å²) in [4.78, 5) is 15.1. The Kier molecular flexibility index (Phi) is 1.96. The molecule has 0 fully saturated rings. The van der Waals surface area contributed by atoms with Crippen molar-refractivity contribution in [1.29, 1.82) is 0 Å². The molecule has 1 aliphatic heterocycles. The van der Waals surface area contributed by atoms with E-state index in [1.165, 1.54) is 0 Å². The molecule has 3 nitrogen and oxygen atoms in total. The van der Waals surface area contributed by atoms with Crippen molar-refractivity contribution < 1.29 is 9.53 Å². The van der Waals surface area contributed by atoms with Gasteiger partial charge in [0.05, 0.1) is 5.92 Å². The van der Waals surface area contributed by atoms with Crippen LogP contribution in [0.2, 0.25) is 0 Å². The number of carbonyl (C=O) groups is 1. The molecule has 0 saturated heterocycles. The van der Waals surface area contributed by atoms with Crippen LogP contribution in [-0.4, -0.2) is 12.0 Å². The van der Waals surface area contributed by atoms with E-state index in [1.54, 1.807) is 6.08 Å². The lowest BCUT2D eigenvalue weighted by atomic mass is 10.0. The van der Waals surface area contributed by atoms with E-state index in [0.29, 0.717) is 5.76 Å². The summed E-state index contributed by atoms with van der Waals surface area (Å²) in [6, 6.07) is 7.58. The first-order valence-electron chi connectivity index (χ1n) is 5.08. The highest BCUT2D eigenvalue weighted by atomic mass is 16.5. The molecular weight excluding hydrogens is 202 g/mol. The Hall–Kier alpha value is -2.16. The van der Waals surface area contributed by atoms with Crippen molar-refractivity contribution in [3.05, 3.63) is 48.3 Å². The summed E-state index contributed by atoms with van der Waals surface area (Å²) in [6.45, 7) is 0. The predicted octanol–water partition coefficient (Wildman–Crippen LogP) is 2.42. The Morgan fingerprint density at radius 3 is 3.06 bits per heavy atom. The highest BCUT2D eigenvalue weighted by Gasteiger charge is 2.20. The molecule has 3 heteroatoms. The van der Waals surface area contributed by atoms with E-state index in [0.717, 1.165) is 23.4 Å². The van der Waals surface area contributed by atoms with Gasteiger partial charge in [-0.05, 0) is 24.3 Å². The van der Waals surface area contributed by atoms with Crippen LogP contribution in [0.3, 0.4) is 0 Å². The zero-order valence-electron chi connectivity index (χ0n) is 8.46. The first-order valence-corrected chi connectivity index (χ1v) is 5.08. The molecule has 3 rings (SSSR count). The predicted molar refractivity (Wildman–Crippen MR) is 60.9 cm³/mol. The second kappa shape index (κ2) is 3.45. The SMILES string of the molecule is O=CC1C=CC2=Nc3ccccc3OC2=C1. The molecule has 0 spiro atoms. The first-order chi connectivity index (χ1) is 7.86. The van der Waals surface area contributed by atoms with Crippen LogP contribution < -0.4 is 4.74 Å². The van der Waals surface area contributed by atoms with Crippen LogP contribution in [0, 0.1) is 5.92 Å². The molecule has 1 aromatic rings. The summed E-state index contributed by atoms with van der Waals surface area (Å²) in [5.41, 5.74) is 1.60. The third kappa shape index (κ3) is 1.37. The summed E-state index contributed by atoms with van der Waals surface area (Å²) >= 11 is 0. The Labute approximate surface area is 92.8 Å². The van der Waals surface area contributed by atoms with E-state index in [-0.39, 0.29) is 5.92 Å². The van der Waals surface area contributed by atoms with Gasteiger partial charge in [0.25, 0.3) is 0 Å². The van der Waals surface area contributed by atoms with Gasteiger partial charge in [0.1, 0.15) is 23.4 Å². The third-order valence-electron chi connectivity index (χ3n) is 2.56. The largest absolute Gasteiger partial charge is 0.453 e. The van der Waals surface area contributed by atoms with E-state index in [4.69, 9.17) is 4.74 Å². The summed E-state index contributed by atoms with van der Waals surface area (Å²) in [6.07, 6.45) is 6.29. The van der Waals surface area contributed by atoms with Gasteiger partial charge in [0.15, 0.2) is 5.75 Å². The maximum absolute atomic E-state index is 10.7. The Bertz CT molecular complexity index is 541. The van der Waals surface area contributed by atoms with Gasteiger partial charge < -0.3 is 9.53 Å². The second-order valence-electron chi connectivity index (χ2n) is 3.67. The fraction of sp³-hybridized carbons (Fsp3) is 0.0769. The maximum Gasteiger partial charge on any atom is 0.153 e. The van der Waals surface area contributed by atoms with Crippen molar-refractivity contribution >= 4 is 17.7 Å². The monoisotopic (exact) mass is 211 g/mol. The number of nitrogens with zero attached hydrogens (tertiary/aromatic N) is 1. The molecule has 1 unspecified atom stereocenters. The number of aldehydes is 1. The molecule has 0 bridgehead atoms. The average molecular weight is 211 g/mol. The third-order valence-corrected chi connectivity index (χ3v) is 2.56. The number of allylic oxidation sites excluding steroid dienone is 3. The molecule has 2 aliphatic rings. The lowest BCUT2D eigenvalue weighted by Gasteiger charge is -2.20. The topological polar surface area (TPSA) is 38.7 Å². The zero-order chi connectivity index (χ0) is 11.0. The molecule has 1 atom stereocenters. The number of rotatable bonds is 1. The number of benzene rings is 1. The highest BCUT2D eigenvalue weighted by molar-refractivity contribution is 6.11. The van der Waals surface area contributed by atoms with Gasteiger partial charge in [-0.2, -0.15) is 0 Å². The van der Waals surface area contributed by atoms with Gasteiger partial charge in [-0.25, -0.2) is 4.99 Å². The van der Waals surface area contributed by atoms with Crippen molar-refractivity contribution in [2.45, 2.75) is 0 Å². The summed E-state index contributed by atoms with van der Waals surface area (Å²) in [7, 11) is 0. The molecule has 0 amide bonds. The molecule has 78 valence electrons. The van der Waals surface area contributed by atoms with Crippen LogP contribution in [-0.2, 0) is 4.79 Å². The highest BCUT2D eigenvalue weighted by Crippen LogP contribution is 2.34. The molecular formula is C13H9NO2.